The molecule has 0 aliphatic rings. The third kappa shape index (κ3) is 8.81. The quantitative estimate of drug-likeness (QED) is 0.616. The van der Waals surface area contributed by atoms with E-state index in [-0.39, 0.29) is 25.0 Å². The van der Waals surface area contributed by atoms with Crippen molar-refractivity contribution in [1.29, 1.82) is 0 Å². The molecule has 0 aromatic carbocycles. The number of amides is 1. The van der Waals surface area contributed by atoms with Gasteiger partial charge >= 0.3 is 5.97 Å². The summed E-state index contributed by atoms with van der Waals surface area (Å²) in [5, 5.41) is 10.5. The SMILES string of the molecule is CC(C)OCCC(=O)NCC(=O)O. The highest BCUT2D eigenvalue weighted by Gasteiger charge is 2.03. The van der Waals surface area contributed by atoms with Gasteiger partial charge in [0, 0.05) is 6.42 Å². The average Bonchev–Trinajstić information content (AvgIpc) is 2.00. The van der Waals surface area contributed by atoms with Gasteiger partial charge in [0.2, 0.25) is 5.91 Å². The molecule has 1 amide bonds. The summed E-state index contributed by atoms with van der Waals surface area (Å²) in [6, 6.07) is 0. The van der Waals surface area contributed by atoms with Crippen molar-refractivity contribution >= 4 is 11.9 Å². The molecule has 0 aromatic rings. The Morgan fingerprint density at radius 2 is 2.08 bits per heavy atom. The molecule has 13 heavy (non-hydrogen) atoms. The monoisotopic (exact) mass is 189 g/mol. The number of hydrogen-bond acceptors (Lipinski definition) is 3. The van der Waals surface area contributed by atoms with Crippen LogP contribution in [0.15, 0.2) is 0 Å². The van der Waals surface area contributed by atoms with Crippen LogP contribution in [0, 0.1) is 0 Å². The highest BCUT2D eigenvalue weighted by molar-refractivity contribution is 5.81. The number of carbonyl (C=O) groups excluding carboxylic acids is 1. The molecule has 2 N–H and O–H groups in total. The maximum atomic E-state index is 10.9. The predicted molar refractivity (Wildman–Crippen MR) is 46.4 cm³/mol. The first-order chi connectivity index (χ1) is 6.02. The summed E-state index contributed by atoms with van der Waals surface area (Å²) >= 11 is 0. The lowest BCUT2D eigenvalue weighted by molar-refractivity contribution is -0.138. The molecule has 0 aliphatic carbocycles. The zero-order chi connectivity index (χ0) is 10.3. The Morgan fingerprint density at radius 1 is 1.46 bits per heavy atom. The molecule has 0 saturated carbocycles. The Balaban J connectivity index is 3.36. The fourth-order valence-electron chi connectivity index (χ4n) is 0.650. The van der Waals surface area contributed by atoms with E-state index in [2.05, 4.69) is 5.32 Å². The molecule has 0 radical (unpaired) electrons. The fourth-order valence-corrected chi connectivity index (χ4v) is 0.650. The number of rotatable bonds is 6. The summed E-state index contributed by atoms with van der Waals surface area (Å²) in [6.45, 7) is 3.73. The van der Waals surface area contributed by atoms with Gasteiger partial charge in [-0.15, -0.1) is 0 Å². The van der Waals surface area contributed by atoms with Gasteiger partial charge in [-0.25, -0.2) is 0 Å². The van der Waals surface area contributed by atoms with E-state index in [1.165, 1.54) is 0 Å². The number of carbonyl (C=O) groups is 2. The molecular formula is C8H15NO4. The number of nitrogens with one attached hydrogen (secondary N) is 1. The highest BCUT2D eigenvalue weighted by Crippen LogP contribution is 1.89. The van der Waals surface area contributed by atoms with Crippen LogP contribution in [0.2, 0.25) is 0 Å². The smallest absolute Gasteiger partial charge is 0.322 e. The Bertz CT molecular complexity index is 179. The van der Waals surface area contributed by atoms with E-state index in [4.69, 9.17) is 9.84 Å². The lowest BCUT2D eigenvalue weighted by Crippen LogP contribution is -2.30. The number of hydrogen-bond donors (Lipinski definition) is 2. The Labute approximate surface area is 77.1 Å². The minimum Gasteiger partial charge on any atom is -0.480 e. The number of carboxylic acid groups (broad SMARTS) is 1. The van der Waals surface area contributed by atoms with Gasteiger partial charge in [0.15, 0.2) is 0 Å². The lowest BCUT2D eigenvalue weighted by atomic mass is 10.4. The zero-order valence-corrected chi connectivity index (χ0v) is 7.87. The van der Waals surface area contributed by atoms with Crippen LogP contribution in [0.5, 0.6) is 0 Å². The summed E-state index contributed by atoms with van der Waals surface area (Å²) in [5.74, 6) is -1.35. The van der Waals surface area contributed by atoms with Gasteiger partial charge in [0.05, 0.1) is 12.7 Å². The summed E-state index contributed by atoms with van der Waals surface area (Å²) in [5.41, 5.74) is 0. The van der Waals surface area contributed by atoms with Gasteiger partial charge in [0.25, 0.3) is 0 Å². The minimum absolute atomic E-state index is 0.0901. The molecule has 0 saturated heterocycles. The normalized spacial score (nSPS) is 10.1. The molecule has 0 unspecified atom stereocenters. The summed E-state index contributed by atoms with van der Waals surface area (Å²) in [7, 11) is 0. The standard InChI is InChI=1S/C8H15NO4/c1-6(2)13-4-3-7(10)9-5-8(11)12/h6H,3-5H2,1-2H3,(H,9,10)(H,11,12). The van der Waals surface area contributed by atoms with Crippen LogP contribution in [-0.2, 0) is 14.3 Å². The van der Waals surface area contributed by atoms with Gasteiger partial charge in [-0.05, 0) is 13.8 Å². The van der Waals surface area contributed by atoms with E-state index in [0.29, 0.717) is 6.61 Å². The Hall–Kier alpha value is -1.10. The molecular weight excluding hydrogens is 174 g/mol. The van der Waals surface area contributed by atoms with Crippen LogP contribution in [0.25, 0.3) is 0 Å². The highest BCUT2D eigenvalue weighted by atomic mass is 16.5. The van der Waals surface area contributed by atoms with E-state index >= 15 is 0 Å². The molecule has 76 valence electrons. The van der Waals surface area contributed by atoms with Gasteiger partial charge < -0.3 is 15.2 Å². The van der Waals surface area contributed by atoms with Gasteiger partial charge in [-0.1, -0.05) is 0 Å². The van der Waals surface area contributed by atoms with Crippen LogP contribution in [0.1, 0.15) is 20.3 Å². The molecule has 0 spiro atoms. The molecule has 5 heteroatoms. The lowest BCUT2D eigenvalue weighted by Gasteiger charge is -2.06. The van der Waals surface area contributed by atoms with Crippen molar-refractivity contribution < 1.29 is 19.4 Å². The third-order valence-corrected chi connectivity index (χ3v) is 1.22. The molecule has 0 rings (SSSR count). The van der Waals surface area contributed by atoms with Crippen LogP contribution in [-0.4, -0.2) is 36.2 Å². The second-order valence-electron chi connectivity index (χ2n) is 2.84. The van der Waals surface area contributed by atoms with E-state index in [0.717, 1.165) is 0 Å². The van der Waals surface area contributed by atoms with Crippen molar-refractivity contribution in [2.45, 2.75) is 26.4 Å². The van der Waals surface area contributed by atoms with Crippen LogP contribution >= 0.6 is 0 Å². The molecule has 0 aromatic heterocycles. The van der Waals surface area contributed by atoms with Crippen molar-refractivity contribution in [2.24, 2.45) is 0 Å². The molecule has 0 heterocycles. The average molecular weight is 189 g/mol. The first-order valence-electron chi connectivity index (χ1n) is 4.12. The van der Waals surface area contributed by atoms with E-state index in [1.54, 1.807) is 0 Å². The summed E-state index contributed by atoms with van der Waals surface area (Å²) in [4.78, 5) is 20.9. The van der Waals surface area contributed by atoms with Crippen molar-refractivity contribution in [1.82, 2.24) is 5.32 Å². The first-order valence-corrected chi connectivity index (χ1v) is 4.12. The third-order valence-electron chi connectivity index (χ3n) is 1.22. The van der Waals surface area contributed by atoms with E-state index in [9.17, 15) is 9.59 Å². The van der Waals surface area contributed by atoms with Crippen LogP contribution in [0.4, 0.5) is 0 Å². The first kappa shape index (κ1) is 11.9. The molecule has 0 aliphatic heterocycles. The Kier molecular flexibility index (Phi) is 5.88. The van der Waals surface area contributed by atoms with E-state index in [1.807, 2.05) is 13.8 Å². The fraction of sp³-hybridized carbons (Fsp3) is 0.750. The van der Waals surface area contributed by atoms with Gasteiger partial charge in [-0.3, -0.25) is 9.59 Å². The largest absolute Gasteiger partial charge is 0.480 e. The van der Waals surface area contributed by atoms with Crippen molar-refractivity contribution in [3.05, 3.63) is 0 Å². The zero-order valence-electron chi connectivity index (χ0n) is 7.87. The number of aliphatic carboxylic acids is 1. The molecule has 0 bridgehead atoms. The second kappa shape index (κ2) is 6.42. The topological polar surface area (TPSA) is 75.6 Å². The molecule has 5 nitrogen and oxygen atoms in total. The second-order valence-corrected chi connectivity index (χ2v) is 2.84. The molecule has 0 atom stereocenters. The minimum atomic E-state index is -1.04. The van der Waals surface area contributed by atoms with Gasteiger partial charge in [-0.2, -0.15) is 0 Å². The molecule has 0 fully saturated rings. The van der Waals surface area contributed by atoms with Crippen LogP contribution in [0.3, 0.4) is 0 Å². The number of ether oxygens (including phenoxy) is 1. The maximum Gasteiger partial charge on any atom is 0.322 e. The van der Waals surface area contributed by atoms with Crippen LogP contribution < -0.4 is 5.32 Å². The summed E-state index contributed by atoms with van der Waals surface area (Å²) < 4.78 is 5.11. The van der Waals surface area contributed by atoms with Gasteiger partial charge in [0.1, 0.15) is 6.54 Å². The van der Waals surface area contributed by atoms with Crippen molar-refractivity contribution in [2.75, 3.05) is 13.2 Å². The predicted octanol–water partition coefficient (Wildman–Crippen LogP) is 0.00230. The van der Waals surface area contributed by atoms with E-state index < -0.39 is 5.97 Å². The van der Waals surface area contributed by atoms with Crippen molar-refractivity contribution in [3.63, 3.8) is 0 Å². The summed E-state index contributed by atoms with van der Waals surface area (Å²) in [6.07, 6.45) is 0.290. The Morgan fingerprint density at radius 3 is 2.54 bits per heavy atom. The number of carboxylic acids is 1. The maximum absolute atomic E-state index is 10.9. The van der Waals surface area contributed by atoms with Crippen molar-refractivity contribution in [3.8, 4) is 0 Å².